The molecule has 8 heteroatoms. The Hall–Kier alpha value is -1.86. The van der Waals surface area contributed by atoms with Crippen LogP contribution in [0.5, 0.6) is 11.5 Å². The lowest BCUT2D eigenvalue weighted by atomic mass is 10.1. The van der Waals surface area contributed by atoms with E-state index >= 15 is 0 Å². The minimum atomic E-state index is -0.975. The first-order chi connectivity index (χ1) is 11.4. The number of nitro groups is 1. The van der Waals surface area contributed by atoms with Gasteiger partial charge < -0.3 is 14.2 Å². The average molecular weight is 370 g/mol. The molecule has 2 aromatic rings. The summed E-state index contributed by atoms with van der Waals surface area (Å²) in [5.74, 6) is -0.815. The Kier molecular flexibility index (Phi) is 4.64. The highest BCUT2D eigenvalue weighted by Gasteiger charge is 2.35. The Labute approximate surface area is 148 Å². The van der Waals surface area contributed by atoms with Crippen LogP contribution in [0, 0.1) is 10.1 Å². The van der Waals surface area contributed by atoms with Crippen LogP contribution >= 0.6 is 23.2 Å². The van der Waals surface area contributed by atoms with Crippen LogP contribution in [-0.4, -0.2) is 18.1 Å². The van der Waals surface area contributed by atoms with Gasteiger partial charge in [-0.15, -0.1) is 0 Å². The zero-order valence-corrected chi connectivity index (χ0v) is 14.1. The molecule has 0 atom stereocenters. The fraction of sp³-hybridized carbons (Fsp3) is 0.250. The van der Waals surface area contributed by atoms with Crippen LogP contribution < -0.4 is 4.74 Å². The van der Waals surface area contributed by atoms with Gasteiger partial charge in [-0.05, 0) is 31.2 Å². The lowest BCUT2D eigenvalue weighted by Crippen LogP contribution is -2.22. The van der Waals surface area contributed by atoms with Crippen molar-refractivity contribution in [1.82, 2.24) is 0 Å². The number of para-hydroxylation sites is 1. The molecule has 0 aromatic heterocycles. The molecule has 0 bridgehead atoms. The van der Waals surface area contributed by atoms with E-state index in [0.717, 1.165) is 0 Å². The predicted octanol–water partition coefficient (Wildman–Crippen LogP) is 4.91. The molecule has 2 aromatic carbocycles. The highest BCUT2D eigenvalue weighted by molar-refractivity contribution is 6.37. The van der Waals surface area contributed by atoms with E-state index in [1.165, 1.54) is 12.1 Å². The van der Waals surface area contributed by atoms with Gasteiger partial charge in [0, 0.05) is 11.6 Å². The summed E-state index contributed by atoms with van der Waals surface area (Å²) in [7, 11) is 0. The lowest BCUT2D eigenvalue weighted by molar-refractivity contribution is -0.385. The Morgan fingerprint density at radius 1 is 1.17 bits per heavy atom. The van der Waals surface area contributed by atoms with Gasteiger partial charge in [0.05, 0.1) is 28.2 Å². The zero-order valence-electron chi connectivity index (χ0n) is 12.6. The Balaban J connectivity index is 2.05. The van der Waals surface area contributed by atoms with Gasteiger partial charge in [-0.2, -0.15) is 0 Å². The van der Waals surface area contributed by atoms with E-state index in [2.05, 4.69) is 0 Å². The SMILES string of the molecule is CC1(c2ccc([N+](=O)[O-])c(Oc3c(Cl)cccc3Cl)c2)OCCO1. The van der Waals surface area contributed by atoms with E-state index < -0.39 is 10.7 Å². The molecule has 24 heavy (non-hydrogen) atoms. The Morgan fingerprint density at radius 2 is 1.79 bits per heavy atom. The first-order valence-corrected chi connectivity index (χ1v) is 7.85. The molecule has 0 aliphatic carbocycles. The minimum absolute atomic E-state index is 0.00725. The normalized spacial score (nSPS) is 16.1. The number of benzene rings is 2. The summed E-state index contributed by atoms with van der Waals surface area (Å²) in [5, 5.41) is 11.8. The number of nitrogens with zero attached hydrogens (tertiary/aromatic N) is 1. The number of halogens is 2. The molecule has 0 radical (unpaired) electrons. The summed E-state index contributed by atoms with van der Waals surface area (Å²) in [6.45, 7) is 2.63. The van der Waals surface area contributed by atoms with Crippen molar-refractivity contribution in [2.24, 2.45) is 0 Å². The van der Waals surface area contributed by atoms with Crippen molar-refractivity contribution < 1.29 is 19.1 Å². The van der Waals surface area contributed by atoms with Crippen molar-refractivity contribution in [3.63, 3.8) is 0 Å². The summed E-state index contributed by atoms with van der Waals surface area (Å²) >= 11 is 12.2. The van der Waals surface area contributed by atoms with Crippen molar-refractivity contribution in [2.75, 3.05) is 13.2 Å². The molecule has 1 aliphatic rings. The number of rotatable bonds is 4. The van der Waals surface area contributed by atoms with Crippen LogP contribution in [0.1, 0.15) is 12.5 Å². The van der Waals surface area contributed by atoms with Crippen LogP contribution in [0.2, 0.25) is 10.0 Å². The second-order valence-corrected chi connectivity index (χ2v) is 6.05. The average Bonchev–Trinajstić information content (AvgIpc) is 2.99. The van der Waals surface area contributed by atoms with Crippen molar-refractivity contribution >= 4 is 28.9 Å². The molecule has 1 aliphatic heterocycles. The standard InChI is InChI=1S/C16H13Cl2NO5/c1-16(22-7-8-23-16)10-5-6-13(19(20)21)14(9-10)24-15-11(17)3-2-4-12(15)18/h2-6,9H,7-8H2,1H3. The van der Waals surface area contributed by atoms with E-state index in [0.29, 0.717) is 18.8 Å². The largest absolute Gasteiger partial charge is 0.447 e. The monoisotopic (exact) mass is 369 g/mol. The summed E-state index contributed by atoms with van der Waals surface area (Å²) < 4.78 is 16.8. The van der Waals surface area contributed by atoms with E-state index in [1.807, 2.05) is 0 Å². The van der Waals surface area contributed by atoms with Crippen molar-refractivity contribution in [2.45, 2.75) is 12.7 Å². The molecule has 1 heterocycles. The number of nitro benzene ring substituents is 1. The fourth-order valence-electron chi connectivity index (χ4n) is 2.40. The smallest absolute Gasteiger partial charge is 0.311 e. The third-order valence-corrected chi connectivity index (χ3v) is 4.25. The lowest BCUT2D eigenvalue weighted by Gasteiger charge is -2.23. The van der Waals surface area contributed by atoms with Crippen LogP contribution in [0.3, 0.4) is 0 Å². The van der Waals surface area contributed by atoms with Gasteiger partial charge in [-0.25, -0.2) is 0 Å². The second kappa shape index (κ2) is 6.57. The van der Waals surface area contributed by atoms with Crippen LogP contribution in [0.15, 0.2) is 36.4 Å². The second-order valence-electron chi connectivity index (χ2n) is 5.24. The summed E-state index contributed by atoms with van der Waals surface area (Å²) in [6, 6.07) is 9.24. The quantitative estimate of drug-likeness (QED) is 0.565. The molecule has 6 nitrogen and oxygen atoms in total. The van der Waals surface area contributed by atoms with E-state index in [4.69, 9.17) is 37.4 Å². The third-order valence-electron chi connectivity index (χ3n) is 3.65. The number of ether oxygens (including phenoxy) is 3. The van der Waals surface area contributed by atoms with Gasteiger partial charge in [0.15, 0.2) is 11.5 Å². The Morgan fingerprint density at radius 3 is 2.38 bits per heavy atom. The van der Waals surface area contributed by atoms with E-state index in [1.54, 1.807) is 31.2 Å². The molecule has 3 rings (SSSR count). The van der Waals surface area contributed by atoms with Crippen molar-refractivity contribution in [3.05, 3.63) is 62.1 Å². The maximum absolute atomic E-state index is 11.3. The van der Waals surface area contributed by atoms with Crippen molar-refractivity contribution in [1.29, 1.82) is 0 Å². The maximum Gasteiger partial charge on any atom is 0.311 e. The van der Waals surface area contributed by atoms with Gasteiger partial charge in [0.2, 0.25) is 5.75 Å². The molecule has 1 fully saturated rings. The maximum atomic E-state index is 11.3. The molecular weight excluding hydrogens is 357 g/mol. The molecule has 0 saturated carbocycles. The highest BCUT2D eigenvalue weighted by atomic mass is 35.5. The van der Waals surface area contributed by atoms with Crippen molar-refractivity contribution in [3.8, 4) is 11.5 Å². The first kappa shape index (κ1) is 17.0. The molecule has 0 spiro atoms. The molecule has 0 unspecified atom stereocenters. The van der Waals surface area contributed by atoms with Gasteiger partial charge >= 0.3 is 5.69 Å². The minimum Gasteiger partial charge on any atom is -0.447 e. The van der Waals surface area contributed by atoms with Crippen LogP contribution in [0.25, 0.3) is 0 Å². The first-order valence-electron chi connectivity index (χ1n) is 7.09. The molecule has 0 N–H and O–H groups in total. The summed E-state index contributed by atoms with van der Waals surface area (Å²) in [4.78, 5) is 10.8. The van der Waals surface area contributed by atoms with E-state index in [-0.39, 0.29) is 27.2 Å². The molecular formula is C16H13Cl2NO5. The fourth-order valence-corrected chi connectivity index (χ4v) is 2.87. The predicted molar refractivity (Wildman–Crippen MR) is 88.9 cm³/mol. The van der Waals surface area contributed by atoms with Crippen LogP contribution in [0.4, 0.5) is 5.69 Å². The molecule has 1 saturated heterocycles. The van der Waals surface area contributed by atoms with Gasteiger partial charge in [-0.3, -0.25) is 10.1 Å². The third kappa shape index (κ3) is 3.18. The zero-order chi connectivity index (χ0) is 17.3. The van der Waals surface area contributed by atoms with Gasteiger partial charge in [0.25, 0.3) is 0 Å². The van der Waals surface area contributed by atoms with Crippen LogP contribution in [-0.2, 0) is 15.3 Å². The van der Waals surface area contributed by atoms with Gasteiger partial charge in [0.1, 0.15) is 0 Å². The molecule has 0 amide bonds. The van der Waals surface area contributed by atoms with E-state index in [9.17, 15) is 10.1 Å². The number of hydrogen-bond donors (Lipinski definition) is 0. The van der Waals surface area contributed by atoms with Gasteiger partial charge in [-0.1, -0.05) is 29.3 Å². The summed E-state index contributed by atoms with van der Waals surface area (Å²) in [5.41, 5.74) is 0.389. The Bertz CT molecular complexity index is 770. The topological polar surface area (TPSA) is 70.8 Å². The molecule has 126 valence electrons. The summed E-state index contributed by atoms with van der Waals surface area (Å²) in [6.07, 6.45) is 0. The highest BCUT2D eigenvalue weighted by Crippen LogP contribution is 2.42. The number of hydrogen-bond acceptors (Lipinski definition) is 5.